The molecule has 4 nitrogen and oxygen atoms in total. The highest BCUT2D eigenvalue weighted by molar-refractivity contribution is 7.21. The molecule has 0 aliphatic heterocycles. The van der Waals surface area contributed by atoms with Gasteiger partial charge in [-0.05, 0) is 23.7 Å². The number of rotatable bonds is 2. The summed E-state index contributed by atoms with van der Waals surface area (Å²) >= 11 is 7.80. The van der Waals surface area contributed by atoms with E-state index in [1.807, 2.05) is 30.3 Å². The molecule has 19 heavy (non-hydrogen) atoms. The second-order valence-electron chi connectivity index (χ2n) is 3.84. The van der Waals surface area contributed by atoms with Crippen molar-refractivity contribution in [3.05, 3.63) is 57.9 Å². The lowest BCUT2D eigenvalue weighted by Crippen LogP contribution is -1.77. The van der Waals surface area contributed by atoms with Crippen molar-refractivity contribution in [1.29, 1.82) is 0 Å². The molecule has 0 atom stereocenters. The topological polar surface area (TPSA) is 61.7 Å². The highest BCUT2D eigenvalue weighted by atomic mass is 35.5. The Labute approximate surface area is 117 Å². The minimum Gasteiger partial charge on any atom is -0.236 e. The molecule has 0 saturated carbocycles. The molecule has 0 spiro atoms. The highest BCUT2D eigenvalue weighted by Crippen LogP contribution is 2.35. The smallest absolute Gasteiger partial charge is 0.126 e. The monoisotopic (exact) mass is 286 g/mol. The number of benzene rings is 2. The highest BCUT2D eigenvalue weighted by Gasteiger charge is 2.09. The molecular formula is C13H7ClN4S. The van der Waals surface area contributed by atoms with Crippen LogP contribution in [0.1, 0.15) is 0 Å². The third kappa shape index (κ3) is 2.27. The van der Waals surface area contributed by atoms with E-state index < -0.39 is 0 Å². The summed E-state index contributed by atoms with van der Waals surface area (Å²) in [6.07, 6.45) is 0. The summed E-state index contributed by atoms with van der Waals surface area (Å²) in [5.41, 5.74) is 10.7. The van der Waals surface area contributed by atoms with Crippen LogP contribution in [0.2, 0.25) is 5.02 Å². The van der Waals surface area contributed by atoms with Crippen LogP contribution >= 0.6 is 22.9 Å². The van der Waals surface area contributed by atoms with Crippen molar-refractivity contribution in [3.63, 3.8) is 0 Å². The first kappa shape index (κ1) is 12.0. The van der Waals surface area contributed by atoms with E-state index in [0.717, 1.165) is 20.8 Å². The van der Waals surface area contributed by atoms with Crippen LogP contribution in [0.3, 0.4) is 0 Å². The maximum atomic E-state index is 8.40. The predicted octanol–water partition coefficient (Wildman–Crippen LogP) is 5.56. The van der Waals surface area contributed by atoms with Gasteiger partial charge in [0.05, 0.1) is 15.2 Å². The number of hydrogen-bond donors (Lipinski definition) is 0. The van der Waals surface area contributed by atoms with Gasteiger partial charge in [-0.3, -0.25) is 0 Å². The molecule has 3 rings (SSSR count). The first-order valence-electron chi connectivity index (χ1n) is 5.48. The van der Waals surface area contributed by atoms with Crippen molar-refractivity contribution in [1.82, 2.24) is 4.98 Å². The second kappa shape index (κ2) is 4.90. The van der Waals surface area contributed by atoms with Gasteiger partial charge in [-0.2, -0.15) is 0 Å². The van der Waals surface area contributed by atoms with Gasteiger partial charge < -0.3 is 0 Å². The molecule has 0 fully saturated rings. The Hall–Kier alpha value is -2.07. The van der Waals surface area contributed by atoms with E-state index in [2.05, 4.69) is 15.0 Å². The molecule has 0 aliphatic carbocycles. The Morgan fingerprint density at radius 2 is 2.05 bits per heavy atom. The van der Waals surface area contributed by atoms with Crippen molar-refractivity contribution in [2.45, 2.75) is 0 Å². The fraction of sp³-hybridized carbons (Fsp3) is 0. The molecule has 0 amide bonds. The van der Waals surface area contributed by atoms with Crippen molar-refractivity contribution in [3.8, 4) is 10.6 Å². The van der Waals surface area contributed by atoms with Crippen molar-refractivity contribution in [2.24, 2.45) is 5.11 Å². The number of nitrogens with zero attached hydrogens (tertiary/aromatic N) is 4. The van der Waals surface area contributed by atoms with E-state index in [9.17, 15) is 0 Å². The largest absolute Gasteiger partial charge is 0.236 e. The molecule has 2 aromatic carbocycles. The molecule has 0 radical (unpaired) electrons. The molecule has 0 unspecified atom stereocenters. The Kier molecular flexibility index (Phi) is 3.09. The van der Waals surface area contributed by atoms with E-state index in [1.165, 1.54) is 0 Å². The fourth-order valence-corrected chi connectivity index (χ4v) is 3.10. The first-order valence-corrected chi connectivity index (χ1v) is 6.68. The Morgan fingerprint density at radius 1 is 1.21 bits per heavy atom. The summed E-state index contributed by atoms with van der Waals surface area (Å²) < 4.78 is 1.12. The summed E-state index contributed by atoms with van der Waals surface area (Å²) in [4.78, 5) is 7.29. The second-order valence-corrected chi connectivity index (χ2v) is 5.28. The number of fused-ring (bicyclic) bond motifs is 1. The lowest BCUT2D eigenvalue weighted by atomic mass is 10.2. The van der Waals surface area contributed by atoms with Crippen LogP contribution in [0, 0.1) is 0 Å². The van der Waals surface area contributed by atoms with E-state index in [1.54, 1.807) is 23.5 Å². The minimum absolute atomic E-state index is 0.498. The number of hydrogen-bond acceptors (Lipinski definition) is 3. The average Bonchev–Trinajstić information content (AvgIpc) is 2.82. The van der Waals surface area contributed by atoms with Crippen LogP contribution in [0.4, 0.5) is 5.69 Å². The SMILES string of the molecule is [N-]=[N+]=Nc1ccc(-c2nc3ccccc3s2)c(Cl)c1. The zero-order valence-corrected chi connectivity index (χ0v) is 11.2. The molecule has 0 N–H and O–H groups in total. The van der Waals surface area contributed by atoms with Crippen molar-refractivity contribution in [2.75, 3.05) is 0 Å². The van der Waals surface area contributed by atoms with Crippen LogP contribution in [0.15, 0.2) is 47.6 Å². The maximum Gasteiger partial charge on any atom is 0.126 e. The molecule has 0 aliphatic rings. The normalized spacial score (nSPS) is 10.4. The minimum atomic E-state index is 0.498. The zero-order chi connectivity index (χ0) is 13.2. The number of thiazole rings is 1. The number of azide groups is 1. The summed E-state index contributed by atoms with van der Waals surface area (Å²) in [7, 11) is 0. The van der Waals surface area contributed by atoms with Gasteiger partial charge in [-0.1, -0.05) is 41.0 Å². The van der Waals surface area contributed by atoms with Gasteiger partial charge in [0, 0.05) is 16.2 Å². The van der Waals surface area contributed by atoms with Gasteiger partial charge in [-0.15, -0.1) is 11.3 Å². The van der Waals surface area contributed by atoms with Crippen LogP contribution in [-0.2, 0) is 0 Å². The molecule has 0 bridgehead atoms. The standard InChI is InChI=1S/C13H7ClN4S/c14-10-7-8(17-18-15)5-6-9(10)13-16-11-3-1-2-4-12(11)19-13/h1-7H. The molecule has 92 valence electrons. The van der Waals surface area contributed by atoms with E-state index in [4.69, 9.17) is 17.1 Å². The summed E-state index contributed by atoms with van der Waals surface area (Å²) in [5.74, 6) is 0. The Bertz CT molecular complexity index is 772. The number of aromatic nitrogens is 1. The lowest BCUT2D eigenvalue weighted by molar-refractivity contribution is 1.45. The summed E-state index contributed by atoms with van der Waals surface area (Å²) in [6.45, 7) is 0. The van der Waals surface area contributed by atoms with E-state index in [0.29, 0.717) is 10.7 Å². The van der Waals surface area contributed by atoms with Crippen LogP contribution < -0.4 is 0 Å². The lowest BCUT2D eigenvalue weighted by Gasteiger charge is -2.00. The third-order valence-electron chi connectivity index (χ3n) is 2.64. The molecule has 1 heterocycles. The molecule has 0 saturated heterocycles. The first-order chi connectivity index (χ1) is 9.28. The van der Waals surface area contributed by atoms with Gasteiger partial charge in [0.1, 0.15) is 5.01 Å². The van der Waals surface area contributed by atoms with Crippen molar-refractivity contribution >= 4 is 38.8 Å². The molecule has 3 aromatic rings. The van der Waals surface area contributed by atoms with Gasteiger partial charge in [0.15, 0.2) is 0 Å². The average molecular weight is 287 g/mol. The molecule has 1 aromatic heterocycles. The van der Waals surface area contributed by atoms with E-state index >= 15 is 0 Å². The number of para-hydroxylation sites is 1. The van der Waals surface area contributed by atoms with E-state index in [-0.39, 0.29) is 0 Å². The number of halogens is 1. The zero-order valence-electron chi connectivity index (χ0n) is 9.62. The van der Waals surface area contributed by atoms with Crippen LogP contribution in [0.5, 0.6) is 0 Å². The predicted molar refractivity (Wildman–Crippen MR) is 78.9 cm³/mol. The van der Waals surface area contributed by atoms with Crippen molar-refractivity contribution < 1.29 is 0 Å². The third-order valence-corrected chi connectivity index (χ3v) is 4.02. The quantitative estimate of drug-likeness (QED) is 0.345. The van der Waals surface area contributed by atoms with Gasteiger partial charge in [0.25, 0.3) is 0 Å². The van der Waals surface area contributed by atoms with Crippen LogP contribution in [-0.4, -0.2) is 4.98 Å². The summed E-state index contributed by atoms with van der Waals surface area (Å²) in [5, 5.41) is 4.92. The fourth-order valence-electron chi connectivity index (χ4n) is 1.78. The van der Waals surface area contributed by atoms with Gasteiger partial charge in [0.2, 0.25) is 0 Å². The molecular weight excluding hydrogens is 280 g/mol. The van der Waals surface area contributed by atoms with Crippen LogP contribution in [0.25, 0.3) is 31.2 Å². The Balaban J connectivity index is 2.13. The molecule has 6 heteroatoms. The van der Waals surface area contributed by atoms with Gasteiger partial charge >= 0.3 is 0 Å². The Morgan fingerprint density at radius 3 is 2.79 bits per heavy atom. The summed E-state index contributed by atoms with van der Waals surface area (Å²) in [6, 6.07) is 13.1. The maximum absolute atomic E-state index is 8.40. The van der Waals surface area contributed by atoms with Gasteiger partial charge in [-0.25, -0.2) is 4.98 Å².